The zero-order valence-corrected chi connectivity index (χ0v) is 9.32. The summed E-state index contributed by atoms with van der Waals surface area (Å²) in [5.74, 6) is 2.13. The Morgan fingerprint density at radius 2 is 2.06 bits per heavy atom. The second-order valence-corrected chi connectivity index (χ2v) is 4.83. The van der Waals surface area contributed by atoms with E-state index in [2.05, 4.69) is 10.1 Å². The van der Waals surface area contributed by atoms with Crippen molar-refractivity contribution < 1.29 is 9.26 Å². The molecule has 1 aromatic rings. The highest BCUT2D eigenvalue weighted by molar-refractivity contribution is 5.11. The van der Waals surface area contributed by atoms with Crippen molar-refractivity contribution in [1.82, 2.24) is 10.1 Å². The molecule has 0 bridgehead atoms. The van der Waals surface area contributed by atoms with Crippen molar-refractivity contribution in [3.05, 3.63) is 11.7 Å². The quantitative estimate of drug-likeness (QED) is 0.826. The number of rotatable bonds is 3. The molecule has 1 aromatic heterocycles. The van der Waals surface area contributed by atoms with Crippen LogP contribution in [-0.4, -0.2) is 29.9 Å². The summed E-state index contributed by atoms with van der Waals surface area (Å²) in [6, 6.07) is 0. The predicted octanol–water partition coefficient (Wildman–Crippen LogP) is 0.954. The lowest BCUT2D eigenvalue weighted by atomic mass is 9.80. The molecule has 0 atom stereocenters. The molecule has 0 radical (unpaired) electrons. The summed E-state index contributed by atoms with van der Waals surface area (Å²) in [6.07, 6.45) is 4.15. The van der Waals surface area contributed by atoms with Gasteiger partial charge in [-0.15, -0.1) is 0 Å². The third-order valence-electron chi connectivity index (χ3n) is 3.68. The summed E-state index contributed by atoms with van der Waals surface area (Å²) in [4.78, 5) is 4.53. The molecule has 2 N–H and O–H groups in total. The van der Waals surface area contributed by atoms with Crippen molar-refractivity contribution in [3.8, 4) is 0 Å². The van der Waals surface area contributed by atoms with Crippen LogP contribution in [0.5, 0.6) is 0 Å². The number of nitrogens with two attached hydrogens (primary N) is 1. The molecule has 2 aliphatic rings. The summed E-state index contributed by atoms with van der Waals surface area (Å²) in [5.41, 5.74) is 5.75. The molecule has 1 saturated heterocycles. The van der Waals surface area contributed by atoms with Crippen molar-refractivity contribution in [2.45, 2.75) is 37.0 Å². The molecule has 0 unspecified atom stereocenters. The molecule has 3 rings (SSSR count). The van der Waals surface area contributed by atoms with E-state index >= 15 is 0 Å². The monoisotopic (exact) mass is 223 g/mol. The van der Waals surface area contributed by atoms with Crippen LogP contribution in [0.2, 0.25) is 0 Å². The molecule has 2 heterocycles. The van der Waals surface area contributed by atoms with Gasteiger partial charge in [-0.1, -0.05) is 5.16 Å². The van der Waals surface area contributed by atoms with Crippen molar-refractivity contribution in [1.29, 1.82) is 0 Å². The van der Waals surface area contributed by atoms with Gasteiger partial charge in [-0.3, -0.25) is 0 Å². The molecular formula is C11H17N3O2. The lowest BCUT2D eigenvalue weighted by Crippen LogP contribution is -2.40. The van der Waals surface area contributed by atoms with Gasteiger partial charge in [0, 0.05) is 25.7 Å². The van der Waals surface area contributed by atoms with Crippen molar-refractivity contribution in [3.63, 3.8) is 0 Å². The maximum atomic E-state index is 5.89. The first kappa shape index (κ1) is 10.2. The molecule has 1 saturated carbocycles. The molecule has 0 spiro atoms. The third-order valence-corrected chi connectivity index (χ3v) is 3.68. The van der Waals surface area contributed by atoms with Gasteiger partial charge in [-0.05, 0) is 25.7 Å². The van der Waals surface area contributed by atoms with Gasteiger partial charge in [0.25, 0.3) is 0 Å². The van der Waals surface area contributed by atoms with Crippen LogP contribution in [0, 0.1) is 0 Å². The zero-order valence-electron chi connectivity index (χ0n) is 9.32. The SMILES string of the molecule is NCC1(c2nc(C3CC3)no2)CCOCC1. The summed E-state index contributed by atoms with van der Waals surface area (Å²) in [5, 5.41) is 4.06. The Labute approximate surface area is 94.3 Å². The zero-order chi connectivity index (χ0) is 11.0. The average molecular weight is 223 g/mol. The molecule has 5 heteroatoms. The van der Waals surface area contributed by atoms with E-state index in [1.54, 1.807) is 0 Å². The number of hydrogen-bond acceptors (Lipinski definition) is 5. The number of nitrogens with zero attached hydrogens (tertiary/aromatic N) is 2. The number of hydrogen-bond donors (Lipinski definition) is 1. The Kier molecular flexibility index (Phi) is 2.44. The van der Waals surface area contributed by atoms with Crippen LogP contribution in [0.15, 0.2) is 4.52 Å². The molecule has 88 valence electrons. The Morgan fingerprint density at radius 3 is 2.69 bits per heavy atom. The van der Waals surface area contributed by atoms with Gasteiger partial charge < -0.3 is 15.0 Å². The Hall–Kier alpha value is -0.940. The largest absolute Gasteiger partial charge is 0.381 e. The van der Waals surface area contributed by atoms with Gasteiger partial charge in [0.1, 0.15) is 0 Å². The minimum Gasteiger partial charge on any atom is -0.381 e. The number of aromatic nitrogens is 2. The van der Waals surface area contributed by atoms with Gasteiger partial charge in [-0.2, -0.15) is 4.98 Å². The highest BCUT2D eigenvalue weighted by Gasteiger charge is 2.40. The van der Waals surface area contributed by atoms with Crippen LogP contribution < -0.4 is 5.73 Å². The van der Waals surface area contributed by atoms with Crippen molar-refractivity contribution in [2.75, 3.05) is 19.8 Å². The van der Waals surface area contributed by atoms with Crippen LogP contribution in [0.3, 0.4) is 0 Å². The fourth-order valence-corrected chi connectivity index (χ4v) is 2.23. The highest BCUT2D eigenvalue weighted by atomic mass is 16.5. The predicted molar refractivity (Wildman–Crippen MR) is 57.1 cm³/mol. The average Bonchev–Trinajstić information content (AvgIpc) is 3.08. The standard InChI is InChI=1S/C11H17N3O2/c12-7-11(3-5-15-6-4-11)10-13-9(14-16-10)8-1-2-8/h8H,1-7,12H2. The lowest BCUT2D eigenvalue weighted by molar-refractivity contribution is 0.0409. The molecule has 2 fully saturated rings. The summed E-state index contributed by atoms with van der Waals surface area (Å²) >= 11 is 0. The van der Waals surface area contributed by atoms with Gasteiger partial charge in [-0.25, -0.2) is 0 Å². The summed E-state index contributed by atoms with van der Waals surface area (Å²) in [7, 11) is 0. The van der Waals surface area contributed by atoms with Gasteiger partial charge in [0.15, 0.2) is 5.82 Å². The van der Waals surface area contributed by atoms with E-state index in [1.807, 2.05) is 0 Å². The maximum Gasteiger partial charge on any atom is 0.234 e. The second kappa shape index (κ2) is 3.82. The number of ether oxygens (including phenoxy) is 1. The van der Waals surface area contributed by atoms with E-state index in [-0.39, 0.29) is 5.41 Å². The van der Waals surface area contributed by atoms with E-state index in [4.69, 9.17) is 15.0 Å². The highest BCUT2D eigenvalue weighted by Crippen LogP contribution is 2.40. The van der Waals surface area contributed by atoms with E-state index < -0.39 is 0 Å². The van der Waals surface area contributed by atoms with E-state index in [9.17, 15) is 0 Å². The summed E-state index contributed by atoms with van der Waals surface area (Å²) in [6.45, 7) is 2.03. The lowest BCUT2D eigenvalue weighted by Gasteiger charge is -2.32. The molecular weight excluding hydrogens is 206 g/mol. The Bertz CT molecular complexity index is 367. The van der Waals surface area contributed by atoms with Crippen LogP contribution >= 0.6 is 0 Å². The van der Waals surface area contributed by atoms with Gasteiger partial charge in [0.2, 0.25) is 5.89 Å². The fraction of sp³-hybridized carbons (Fsp3) is 0.818. The van der Waals surface area contributed by atoms with Gasteiger partial charge >= 0.3 is 0 Å². The molecule has 5 nitrogen and oxygen atoms in total. The Balaban J connectivity index is 1.86. The van der Waals surface area contributed by atoms with E-state index in [0.29, 0.717) is 12.5 Å². The minimum absolute atomic E-state index is 0.140. The summed E-state index contributed by atoms with van der Waals surface area (Å²) < 4.78 is 10.8. The first-order valence-electron chi connectivity index (χ1n) is 5.96. The normalized spacial score (nSPS) is 24.6. The van der Waals surface area contributed by atoms with Crippen LogP contribution in [0.25, 0.3) is 0 Å². The molecule has 1 aliphatic heterocycles. The first-order chi connectivity index (χ1) is 7.84. The van der Waals surface area contributed by atoms with Gasteiger partial charge in [0.05, 0.1) is 5.41 Å². The molecule has 0 aromatic carbocycles. The maximum absolute atomic E-state index is 5.89. The van der Waals surface area contributed by atoms with Crippen LogP contribution in [0.1, 0.15) is 43.3 Å². The topological polar surface area (TPSA) is 74.2 Å². The van der Waals surface area contributed by atoms with Crippen LogP contribution in [-0.2, 0) is 10.2 Å². The van der Waals surface area contributed by atoms with Crippen LogP contribution in [0.4, 0.5) is 0 Å². The third kappa shape index (κ3) is 1.64. The Morgan fingerprint density at radius 1 is 1.31 bits per heavy atom. The van der Waals surface area contributed by atoms with Crippen molar-refractivity contribution >= 4 is 0 Å². The van der Waals surface area contributed by atoms with Crippen molar-refractivity contribution in [2.24, 2.45) is 5.73 Å². The molecule has 1 aliphatic carbocycles. The second-order valence-electron chi connectivity index (χ2n) is 4.83. The minimum atomic E-state index is -0.140. The van der Waals surface area contributed by atoms with E-state index in [0.717, 1.165) is 37.8 Å². The molecule has 0 amide bonds. The molecule has 16 heavy (non-hydrogen) atoms. The first-order valence-corrected chi connectivity index (χ1v) is 5.96. The fourth-order valence-electron chi connectivity index (χ4n) is 2.23. The van der Waals surface area contributed by atoms with E-state index in [1.165, 1.54) is 12.8 Å². The smallest absolute Gasteiger partial charge is 0.234 e.